The summed E-state index contributed by atoms with van der Waals surface area (Å²) in [6.45, 7) is 1.40. The normalized spacial score (nSPS) is 14.3. The molecule has 0 amide bonds. The van der Waals surface area contributed by atoms with E-state index in [0.29, 0.717) is 5.03 Å². The van der Waals surface area contributed by atoms with Gasteiger partial charge in [0.2, 0.25) is 0 Å². The molecular weight excluding hydrogens is 216 g/mol. The predicted molar refractivity (Wildman–Crippen MR) is 55.4 cm³/mol. The van der Waals surface area contributed by atoms with Crippen molar-refractivity contribution in [3.05, 3.63) is 18.6 Å². The predicted octanol–water partition coefficient (Wildman–Crippen LogP) is 0.493. The van der Waals surface area contributed by atoms with Gasteiger partial charge in [-0.2, -0.15) is 0 Å². The number of hydrogen-bond donors (Lipinski definition) is 1. The highest BCUT2D eigenvalue weighted by molar-refractivity contribution is 7.99. The number of esters is 1. The minimum atomic E-state index is -1.50. The third-order valence-electron chi connectivity index (χ3n) is 1.67. The van der Waals surface area contributed by atoms with Crippen molar-refractivity contribution in [3.63, 3.8) is 0 Å². The third-order valence-corrected chi connectivity index (χ3v) is 2.88. The van der Waals surface area contributed by atoms with E-state index >= 15 is 0 Å². The Morgan fingerprint density at radius 1 is 1.67 bits per heavy atom. The average Bonchev–Trinajstić information content (AvgIpc) is 2.27. The maximum absolute atomic E-state index is 11.1. The standard InChI is InChI=1S/C9H12N2O3S/c1-9(13,8(12)14-2)6-15-7-5-10-3-4-11-7/h3-5,13H,6H2,1-2H3. The maximum atomic E-state index is 11.1. The third kappa shape index (κ3) is 3.49. The Morgan fingerprint density at radius 2 is 2.40 bits per heavy atom. The van der Waals surface area contributed by atoms with Gasteiger partial charge in [0, 0.05) is 18.1 Å². The van der Waals surface area contributed by atoms with Gasteiger partial charge >= 0.3 is 5.97 Å². The first-order chi connectivity index (χ1) is 7.06. The van der Waals surface area contributed by atoms with Crippen LogP contribution in [0.15, 0.2) is 23.6 Å². The lowest BCUT2D eigenvalue weighted by molar-refractivity contribution is -0.158. The molecule has 1 rings (SSSR count). The Hall–Kier alpha value is -1.14. The van der Waals surface area contributed by atoms with Crippen molar-refractivity contribution in [2.75, 3.05) is 12.9 Å². The number of aromatic nitrogens is 2. The highest BCUT2D eigenvalue weighted by atomic mass is 32.2. The Kier molecular flexibility index (Phi) is 4.05. The van der Waals surface area contributed by atoms with Crippen LogP contribution in [0, 0.1) is 0 Å². The zero-order chi connectivity index (χ0) is 11.3. The molecule has 0 saturated heterocycles. The van der Waals surface area contributed by atoms with Crippen molar-refractivity contribution in [2.24, 2.45) is 0 Å². The number of methoxy groups -OCH3 is 1. The molecule has 1 aromatic heterocycles. The van der Waals surface area contributed by atoms with Crippen molar-refractivity contribution >= 4 is 17.7 Å². The minimum Gasteiger partial charge on any atom is -0.467 e. The zero-order valence-electron chi connectivity index (χ0n) is 8.51. The van der Waals surface area contributed by atoms with Gasteiger partial charge in [-0.15, -0.1) is 11.8 Å². The molecule has 1 aromatic rings. The fraction of sp³-hybridized carbons (Fsp3) is 0.444. The molecule has 0 fully saturated rings. The molecule has 0 bridgehead atoms. The summed E-state index contributed by atoms with van der Waals surface area (Å²) in [6, 6.07) is 0. The van der Waals surface area contributed by atoms with Gasteiger partial charge < -0.3 is 9.84 Å². The summed E-state index contributed by atoms with van der Waals surface area (Å²) in [5.41, 5.74) is -1.50. The van der Waals surface area contributed by atoms with E-state index in [0.717, 1.165) is 0 Å². The number of ether oxygens (including phenoxy) is 1. The fourth-order valence-corrected chi connectivity index (χ4v) is 1.67. The summed E-state index contributed by atoms with van der Waals surface area (Å²) in [4.78, 5) is 19.0. The van der Waals surface area contributed by atoms with E-state index in [9.17, 15) is 9.90 Å². The molecule has 1 unspecified atom stereocenters. The number of thioether (sulfide) groups is 1. The molecular formula is C9H12N2O3S. The fourth-order valence-electron chi connectivity index (χ4n) is 0.853. The number of carbonyl (C=O) groups is 1. The summed E-state index contributed by atoms with van der Waals surface area (Å²) in [6.07, 6.45) is 4.68. The maximum Gasteiger partial charge on any atom is 0.338 e. The Labute approximate surface area is 91.9 Å². The van der Waals surface area contributed by atoms with Crippen LogP contribution >= 0.6 is 11.8 Å². The molecule has 6 heteroatoms. The van der Waals surface area contributed by atoms with Gasteiger partial charge in [0.15, 0.2) is 5.60 Å². The lowest BCUT2D eigenvalue weighted by Crippen LogP contribution is -2.38. The number of aliphatic hydroxyl groups is 1. The number of carbonyl (C=O) groups excluding carboxylic acids is 1. The molecule has 0 aromatic carbocycles. The van der Waals surface area contributed by atoms with E-state index < -0.39 is 11.6 Å². The van der Waals surface area contributed by atoms with Crippen LogP contribution in [0.2, 0.25) is 0 Å². The SMILES string of the molecule is COC(=O)C(C)(O)CSc1cnccn1. The smallest absolute Gasteiger partial charge is 0.338 e. The highest BCUT2D eigenvalue weighted by Gasteiger charge is 2.31. The molecule has 15 heavy (non-hydrogen) atoms. The summed E-state index contributed by atoms with van der Waals surface area (Å²) in [5, 5.41) is 10.4. The van der Waals surface area contributed by atoms with E-state index in [1.807, 2.05) is 0 Å². The van der Waals surface area contributed by atoms with Crippen molar-refractivity contribution in [3.8, 4) is 0 Å². The summed E-state index contributed by atoms with van der Waals surface area (Å²) >= 11 is 1.25. The number of nitrogens with zero attached hydrogens (tertiary/aromatic N) is 2. The lowest BCUT2D eigenvalue weighted by atomic mass is 10.1. The van der Waals surface area contributed by atoms with E-state index in [4.69, 9.17) is 0 Å². The summed E-state index contributed by atoms with van der Waals surface area (Å²) in [7, 11) is 1.24. The Morgan fingerprint density at radius 3 is 2.93 bits per heavy atom. The van der Waals surface area contributed by atoms with Crippen molar-refractivity contribution in [1.82, 2.24) is 9.97 Å². The van der Waals surface area contributed by atoms with E-state index in [-0.39, 0.29) is 5.75 Å². The van der Waals surface area contributed by atoms with E-state index in [1.165, 1.54) is 25.8 Å². The molecule has 0 aliphatic rings. The van der Waals surface area contributed by atoms with Gasteiger partial charge in [0.05, 0.1) is 13.3 Å². The molecule has 1 atom stereocenters. The Balaban J connectivity index is 2.53. The van der Waals surface area contributed by atoms with Crippen LogP contribution in [0.1, 0.15) is 6.92 Å². The zero-order valence-corrected chi connectivity index (χ0v) is 9.32. The second-order valence-electron chi connectivity index (χ2n) is 3.10. The lowest BCUT2D eigenvalue weighted by Gasteiger charge is -2.18. The van der Waals surface area contributed by atoms with Gasteiger partial charge in [0.1, 0.15) is 5.03 Å². The van der Waals surface area contributed by atoms with Crippen molar-refractivity contribution in [1.29, 1.82) is 0 Å². The molecule has 0 aliphatic carbocycles. The number of hydrogen-bond acceptors (Lipinski definition) is 6. The first-order valence-electron chi connectivity index (χ1n) is 4.26. The van der Waals surface area contributed by atoms with Crippen LogP contribution in [0.3, 0.4) is 0 Å². The second kappa shape index (κ2) is 5.09. The van der Waals surface area contributed by atoms with Crippen LogP contribution in [0.5, 0.6) is 0 Å². The highest BCUT2D eigenvalue weighted by Crippen LogP contribution is 2.20. The van der Waals surface area contributed by atoms with Crippen LogP contribution in [0.4, 0.5) is 0 Å². The van der Waals surface area contributed by atoms with Crippen molar-refractivity contribution < 1.29 is 14.6 Å². The first kappa shape index (κ1) is 11.9. The molecule has 0 spiro atoms. The molecule has 82 valence electrons. The molecule has 1 heterocycles. The molecule has 0 radical (unpaired) electrons. The number of rotatable bonds is 4. The largest absolute Gasteiger partial charge is 0.467 e. The topological polar surface area (TPSA) is 72.3 Å². The van der Waals surface area contributed by atoms with Crippen LogP contribution in [-0.2, 0) is 9.53 Å². The van der Waals surface area contributed by atoms with Gasteiger partial charge in [-0.25, -0.2) is 9.78 Å². The average molecular weight is 228 g/mol. The van der Waals surface area contributed by atoms with Gasteiger partial charge in [0.25, 0.3) is 0 Å². The van der Waals surface area contributed by atoms with Gasteiger partial charge in [-0.1, -0.05) is 0 Å². The molecule has 0 aliphatic heterocycles. The molecule has 5 nitrogen and oxygen atoms in total. The minimum absolute atomic E-state index is 0.179. The summed E-state index contributed by atoms with van der Waals surface area (Å²) < 4.78 is 4.47. The van der Waals surface area contributed by atoms with E-state index in [2.05, 4.69) is 14.7 Å². The summed E-state index contributed by atoms with van der Waals surface area (Å²) in [5.74, 6) is -0.475. The molecule has 1 N–H and O–H groups in total. The van der Waals surface area contributed by atoms with Crippen LogP contribution < -0.4 is 0 Å². The van der Waals surface area contributed by atoms with Crippen LogP contribution in [-0.4, -0.2) is 39.5 Å². The Bertz CT molecular complexity index is 329. The van der Waals surface area contributed by atoms with Gasteiger partial charge in [-0.05, 0) is 6.92 Å². The quantitative estimate of drug-likeness (QED) is 0.597. The monoisotopic (exact) mass is 228 g/mol. The first-order valence-corrected chi connectivity index (χ1v) is 5.24. The van der Waals surface area contributed by atoms with Crippen LogP contribution in [0.25, 0.3) is 0 Å². The van der Waals surface area contributed by atoms with E-state index in [1.54, 1.807) is 18.6 Å². The van der Waals surface area contributed by atoms with Crippen molar-refractivity contribution in [2.45, 2.75) is 17.6 Å². The molecule has 0 saturated carbocycles. The van der Waals surface area contributed by atoms with Gasteiger partial charge in [-0.3, -0.25) is 4.98 Å². The second-order valence-corrected chi connectivity index (χ2v) is 4.09.